The summed E-state index contributed by atoms with van der Waals surface area (Å²) in [6, 6.07) is 8.80. The van der Waals surface area contributed by atoms with Crippen molar-refractivity contribution in [2.75, 3.05) is 39.9 Å². The van der Waals surface area contributed by atoms with E-state index in [1.165, 1.54) is 54.0 Å². The Hall–Kier alpha value is -2.80. The lowest BCUT2D eigenvalue weighted by molar-refractivity contribution is -0.984. The molecule has 3 aromatic rings. The van der Waals surface area contributed by atoms with Gasteiger partial charge in [0.25, 0.3) is 5.92 Å². The predicted octanol–water partition coefficient (Wildman–Crippen LogP) is 6.35. The van der Waals surface area contributed by atoms with Crippen LogP contribution in [-0.4, -0.2) is 75.3 Å². The molecule has 1 saturated carbocycles. The van der Waals surface area contributed by atoms with Crippen molar-refractivity contribution in [2.24, 2.45) is 5.92 Å². The fraction of sp³-hybridized carbons (Fsp3) is 0.618. The zero-order valence-electron chi connectivity index (χ0n) is 26.4. The summed E-state index contributed by atoms with van der Waals surface area (Å²) < 4.78 is 74.5. The van der Waals surface area contributed by atoms with E-state index in [0.29, 0.717) is 18.2 Å². The van der Waals surface area contributed by atoms with Gasteiger partial charge in [0.1, 0.15) is 6.67 Å². The average molecular weight is 648 g/mol. The van der Waals surface area contributed by atoms with E-state index < -0.39 is 29.9 Å². The molecule has 7 rings (SSSR count). The third-order valence-electron chi connectivity index (χ3n) is 11.0. The number of pyridine rings is 1. The predicted molar refractivity (Wildman–Crippen MR) is 166 cm³/mol. The Labute approximate surface area is 266 Å². The summed E-state index contributed by atoms with van der Waals surface area (Å²) in [5, 5.41) is 0. The molecule has 1 N–H and O–H groups in total. The van der Waals surface area contributed by atoms with E-state index in [2.05, 4.69) is 23.4 Å². The van der Waals surface area contributed by atoms with E-state index in [9.17, 15) is 26.7 Å². The van der Waals surface area contributed by atoms with Crippen LogP contribution in [0.3, 0.4) is 0 Å². The number of hydrogen-bond acceptors (Lipinski definition) is 4. The van der Waals surface area contributed by atoms with Gasteiger partial charge in [0, 0.05) is 25.4 Å². The first-order valence-electron chi connectivity index (χ1n) is 16.8. The van der Waals surface area contributed by atoms with Gasteiger partial charge in [0.2, 0.25) is 0 Å². The second-order valence-electron chi connectivity index (χ2n) is 14.2. The molecule has 4 fully saturated rings. The van der Waals surface area contributed by atoms with E-state index in [4.69, 9.17) is 0 Å². The number of piperidine rings is 1. The lowest BCUT2D eigenvalue weighted by atomic mass is 9.71. The van der Waals surface area contributed by atoms with Crippen molar-refractivity contribution in [2.45, 2.75) is 88.5 Å². The molecule has 3 saturated heterocycles. The van der Waals surface area contributed by atoms with Gasteiger partial charge in [-0.15, -0.1) is 0 Å². The number of nitrogens with zero attached hydrogens (tertiary/aromatic N) is 5. The SMILES string of the molecule is CN1CN[N+]2(CCCCCC2)C1[C@@H](c1cccc(-n2cc3c(C(F)(F)F)cc(CN4CCCC(F)(F)C4)cn3c2=O)c1)C1CCC1. The van der Waals surface area contributed by atoms with Crippen molar-refractivity contribution in [3.05, 3.63) is 69.9 Å². The summed E-state index contributed by atoms with van der Waals surface area (Å²) in [5.41, 5.74) is 3.85. The van der Waals surface area contributed by atoms with Crippen molar-refractivity contribution < 1.29 is 26.5 Å². The van der Waals surface area contributed by atoms with Crippen molar-refractivity contribution in [3.63, 3.8) is 0 Å². The lowest BCUT2D eigenvalue weighted by Gasteiger charge is -2.46. The van der Waals surface area contributed by atoms with Gasteiger partial charge in [-0.2, -0.15) is 18.6 Å². The molecular weight excluding hydrogens is 603 g/mol. The normalized spacial score (nSPS) is 25.1. The summed E-state index contributed by atoms with van der Waals surface area (Å²) in [4.78, 5) is 17.7. The van der Waals surface area contributed by atoms with Gasteiger partial charge in [-0.05, 0) is 93.8 Å². The maximum Gasteiger partial charge on any atom is 0.418 e. The van der Waals surface area contributed by atoms with Crippen LogP contribution < -0.4 is 11.1 Å². The number of aromatic nitrogens is 2. The minimum atomic E-state index is -4.73. The summed E-state index contributed by atoms with van der Waals surface area (Å²) >= 11 is 0. The summed E-state index contributed by atoms with van der Waals surface area (Å²) in [6.45, 7) is 2.71. The molecule has 46 heavy (non-hydrogen) atoms. The van der Waals surface area contributed by atoms with E-state index >= 15 is 0 Å². The number of likely N-dealkylation sites (tertiary alicyclic amines) is 1. The number of rotatable bonds is 6. The Balaban J connectivity index is 1.28. The van der Waals surface area contributed by atoms with Crippen LogP contribution in [0.2, 0.25) is 0 Å². The maximum absolute atomic E-state index is 14.4. The van der Waals surface area contributed by atoms with Crippen molar-refractivity contribution in [1.29, 1.82) is 0 Å². The molecule has 12 heteroatoms. The Kier molecular flexibility index (Phi) is 8.30. The number of benzene rings is 1. The molecule has 250 valence electrons. The monoisotopic (exact) mass is 647 g/mol. The number of halogens is 5. The molecule has 1 aromatic carbocycles. The van der Waals surface area contributed by atoms with Crippen molar-refractivity contribution >= 4 is 5.52 Å². The lowest BCUT2D eigenvalue weighted by Crippen LogP contribution is -2.63. The molecule has 4 aliphatic rings. The fourth-order valence-corrected chi connectivity index (χ4v) is 8.63. The van der Waals surface area contributed by atoms with Gasteiger partial charge in [0.05, 0.1) is 42.3 Å². The highest BCUT2D eigenvalue weighted by Gasteiger charge is 2.53. The topological polar surface area (TPSA) is 44.9 Å². The van der Waals surface area contributed by atoms with Gasteiger partial charge in [0.15, 0.2) is 6.17 Å². The van der Waals surface area contributed by atoms with Crippen LogP contribution in [-0.2, 0) is 12.7 Å². The molecule has 1 aliphatic carbocycles. The third-order valence-corrected chi connectivity index (χ3v) is 11.0. The molecule has 1 unspecified atom stereocenters. The smallest absolute Gasteiger partial charge is 0.293 e. The van der Waals surface area contributed by atoms with Gasteiger partial charge in [-0.1, -0.05) is 18.6 Å². The largest absolute Gasteiger partial charge is 0.418 e. The second-order valence-corrected chi connectivity index (χ2v) is 14.2. The molecule has 0 amide bonds. The highest BCUT2D eigenvalue weighted by Crippen LogP contribution is 2.47. The Morgan fingerprint density at radius 1 is 1.02 bits per heavy atom. The van der Waals surface area contributed by atoms with Crippen LogP contribution in [0.15, 0.2) is 47.5 Å². The first-order valence-corrected chi connectivity index (χ1v) is 16.8. The highest BCUT2D eigenvalue weighted by molar-refractivity contribution is 5.58. The third kappa shape index (κ3) is 5.90. The molecule has 0 radical (unpaired) electrons. The molecule has 2 atom stereocenters. The van der Waals surface area contributed by atoms with Crippen LogP contribution in [0, 0.1) is 5.92 Å². The molecule has 5 heterocycles. The molecule has 2 aromatic heterocycles. The number of quaternary nitrogens is 1. The van der Waals surface area contributed by atoms with Crippen LogP contribution >= 0.6 is 0 Å². The number of imidazole rings is 1. The Bertz CT molecular complexity index is 1620. The number of nitrogens with one attached hydrogen (secondary N) is 1. The summed E-state index contributed by atoms with van der Waals surface area (Å²) in [7, 11) is 2.18. The minimum absolute atomic E-state index is 0.0896. The van der Waals surface area contributed by atoms with Gasteiger partial charge < -0.3 is 0 Å². The average Bonchev–Trinajstić information content (AvgIpc) is 3.35. The summed E-state index contributed by atoms with van der Waals surface area (Å²) in [5.74, 6) is -2.18. The van der Waals surface area contributed by atoms with Gasteiger partial charge >= 0.3 is 11.9 Å². The van der Waals surface area contributed by atoms with Crippen LogP contribution in [0.1, 0.15) is 80.4 Å². The molecule has 1 spiro atoms. The van der Waals surface area contributed by atoms with Gasteiger partial charge in [-0.25, -0.2) is 23.1 Å². The van der Waals surface area contributed by atoms with Crippen LogP contribution in [0.4, 0.5) is 22.0 Å². The standard InChI is InChI=1S/C34H44F5N6O/c1-41-23-40-45(15-4-2-3-5-16-45)31(41)30(25-9-6-10-25)26-11-7-12-27(18-26)43-21-29-28(34(37,38)39)17-24(20-44(29)32(43)46)19-42-14-8-13-33(35,36)22-42/h7,11-12,17-18,20-21,25,30-31,40H,2-6,8-10,13-16,19,22-23H2,1H3/q+1/t30-,31?/m1/s1. The number of alkyl halides is 5. The van der Waals surface area contributed by atoms with Gasteiger partial charge in [-0.3, -0.25) is 13.9 Å². The Morgan fingerprint density at radius 3 is 2.46 bits per heavy atom. The first-order chi connectivity index (χ1) is 21.9. The zero-order chi connectivity index (χ0) is 32.3. The molecular formula is C34H44F5N6O+. The molecule has 7 nitrogen and oxygen atoms in total. The second kappa shape index (κ2) is 12.0. The van der Waals surface area contributed by atoms with Crippen LogP contribution in [0.25, 0.3) is 11.2 Å². The number of fused-ring (bicyclic) bond motifs is 1. The maximum atomic E-state index is 14.4. The van der Waals surface area contributed by atoms with Crippen LogP contribution in [0.5, 0.6) is 0 Å². The van der Waals surface area contributed by atoms with Crippen molar-refractivity contribution in [3.8, 4) is 5.69 Å². The minimum Gasteiger partial charge on any atom is -0.293 e. The van der Waals surface area contributed by atoms with Crippen molar-refractivity contribution in [1.82, 2.24) is 24.2 Å². The van der Waals surface area contributed by atoms with E-state index in [1.807, 2.05) is 12.1 Å². The quantitative estimate of drug-likeness (QED) is 0.250. The number of hydrogen-bond donors (Lipinski definition) is 1. The highest BCUT2D eigenvalue weighted by atomic mass is 19.4. The van der Waals surface area contributed by atoms with E-state index in [0.717, 1.165) is 53.2 Å². The molecule has 0 bridgehead atoms. The Morgan fingerprint density at radius 2 is 1.78 bits per heavy atom. The molecule has 3 aliphatic heterocycles. The van der Waals surface area contributed by atoms with E-state index in [1.54, 1.807) is 6.07 Å². The zero-order valence-corrected chi connectivity index (χ0v) is 26.4. The summed E-state index contributed by atoms with van der Waals surface area (Å²) in [6.07, 6.45) is 6.46. The first kappa shape index (κ1) is 31.8. The number of likely N-dealkylation sites (N-methyl/N-ethyl adjacent to an activating group) is 1. The van der Waals surface area contributed by atoms with E-state index in [-0.39, 0.29) is 42.6 Å². The fourth-order valence-electron chi connectivity index (χ4n) is 8.63.